The molecule has 4 heteroatoms. The summed E-state index contributed by atoms with van der Waals surface area (Å²) in [4.78, 5) is 13.0. The van der Waals surface area contributed by atoms with E-state index in [2.05, 4.69) is 0 Å². The quantitative estimate of drug-likeness (QED) is 0.750. The number of halogens is 1. The maximum absolute atomic E-state index is 12.7. The van der Waals surface area contributed by atoms with Crippen LogP contribution < -0.4 is 5.73 Å². The van der Waals surface area contributed by atoms with E-state index in [1.165, 1.54) is 12.1 Å². The van der Waals surface area contributed by atoms with Gasteiger partial charge in [-0.25, -0.2) is 4.39 Å². The number of benzene rings is 1. The van der Waals surface area contributed by atoms with Crippen LogP contribution in [0.3, 0.4) is 0 Å². The number of hydrogen-bond acceptors (Lipinski definition) is 2. The van der Waals surface area contributed by atoms with Gasteiger partial charge < -0.3 is 10.6 Å². The van der Waals surface area contributed by atoms with E-state index < -0.39 is 0 Å². The Labute approximate surface area is 87.7 Å². The normalized spacial score (nSPS) is 26.1. The van der Waals surface area contributed by atoms with Crippen molar-refractivity contribution >= 4 is 5.91 Å². The first-order valence-electron chi connectivity index (χ1n) is 4.86. The zero-order valence-electron chi connectivity index (χ0n) is 8.48. The highest BCUT2D eigenvalue weighted by Crippen LogP contribution is 2.30. The van der Waals surface area contributed by atoms with E-state index in [9.17, 15) is 9.18 Å². The molecule has 1 saturated heterocycles. The molecule has 0 spiro atoms. The highest BCUT2D eigenvalue weighted by atomic mass is 19.1. The highest BCUT2D eigenvalue weighted by molar-refractivity contribution is 5.80. The van der Waals surface area contributed by atoms with Gasteiger partial charge in [0.05, 0.1) is 6.04 Å². The van der Waals surface area contributed by atoms with Gasteiger partial charge >= 0.3 is 0 Å². The molecule has 0 aliphatic carbocycles. The van der Waals surface area contributed by atoms with Crippen LogP contribution in [0, 0.1) is 5.82 Å². The summed E-state index contributed by atoms with van der Waals surface area (Å²) in [5.41, 5.74) is 6.76. The standard InChI is InChI=1S/C11H13FN2O/c1-14-10(15)6-9(13)11(14)7-2-4-8(12)5-3-7/h2-5,9,11H,6,13H2,1H3/t9-,11-/m1/s1. The molecule has 1 aliphatic rings. The molecule has 0 aromatic heterocycles. The summed E-state index contributed by atoms with van der Waals surface area (Å²) < 4.78 is 12.7. The molecule has 1 aromatic rings. The third-order valence-corrected chi connectivity index (χ3v) is 2.84. The summed E-state index contributed by atoms with van der Waals surface area (Å²) in [5, 5.41) is 0. The van der Waals surface area contributed by atoms with E-state index in [1.54, 1.807) is 24.1 Å². The van der Waals surface area contributed by atoms with Gasteiger partial charge in [0.2, 0.25) is 5.91 Å². The number of nitrogens with zero attached hydrogens (tertiary/aromatic N) is 1. The van der Waals surface area contributed by atoms with Crippen LogP contribution in [0.25, 0.3) is 0 Å². The molecule has 1 aromatic carbocycles. The number of likely N-dealkylation sites (tertiary alicyclic amines) is 1. The van der Waals surface area contributed by atoms with E-state index in [0.717, 1.165) is 5.56 Å². The Hall–Kier alpha value is -1.42. The lowest BCUT2D eigenvalue weighted by molar-refractivity contribution is -0.127. The third kappa shape index (κ3) is 1.72. The fourth-order valence-electron chi connectivity index (χ4n) is 2.03. The Kier molecular flexibility index (Phi) is 2.44. The lowest BCUT2D eigenvalue weighted by Gasteiger charge is -2.23. The van der Waals surface area contributed by atoms with Gasteiger partial charge in [-0.2, -0.15) is 0 Å². The molecule has 80 valence electrons. The molecule has 0 radical (unpaired) electrons. The molecule has 2 rings (SSSR count). The van der Waals surface area contributed by atoms with Crippen molar-refractivity contribution in [2.75, 3.05) is 7.05 Å². The zero-order valence-corrected chi connectivity index (χ0v) is 8.48. The maximum Gasteiger partial charge on any atom is 0.224 e. The summed E-state index contributed by atoms with van der Waals surface area (Å²) in [5.74, 6) is -0.240. The number of hydrogen-bond donors (Lipinski definition) is 1. The highest BCUT2D eigenvalue weighted by Gasteiger charge is 2.35. The van der Waals surface area contributed by atoms with Gasteiger partial charge in [0, 0.05) is 19.5 Å². The van der Waals surface area contributed by atoms with E-state index >= 15 is 0 Å². The molecular formula is C11H13FN2O. The Balaban J connectivity index is 2.30. The molecule has 3 nitrogen and oxygen atoms in total. The number of amides is 1. The summed E-state index contributed by atoms with van der Waals surface area (Å²) in [6.45, 7) is 0. The van der Waals surface area contributed by atoms with Gasteiger partial charge in [0.25, 0.3) is 0 Å². The zero-order chi connectivity index (χ0) is 11.0. The molecule has 15 heavy (non-hydrogen) atoms. The first-order valence-corrected chi connectivity index (χ1v) is 4.86. The fourth-order valence-corrected chi connectivity index (χ4v) is 2.03. The molecule has 0 saturated carbocycles. The van der Waals surface area contributed by atoms with Crippen molar-refractivity contribution in [2.45, 2.75) is 18.5 Å². The molecule has 0 bridgehead atoms. The van der Waals surface area contributed by atoms with Crippen LogP contribution >= 0.6 is 0 Å². The van der Waals surface area contributed by atoms with Crippen LogP contribution in [0.2, 0.25) is 0 Å². The summed E-state index contributed by atoms with van der Waals surface area (Å²) in [6, 6.07) is 5.80. The summed E-state index contributed by atoms with van der Waals surface area (Å²) in [7, 11) is 1.73. The average Bonchev–Trinajstić information content (AvgIpc) is 2.44. The van der Waals surface area contributed by atoms with Gasteiger partial charge in [-0.05, 0) is 17.7 Å². The van der Waals surface area contributed by atoms with Crippen LogP contribution in [-0.2, 0) is 4.79 Å². The molecule has 1 fully saturated rings. The van der Waals surface area contributed by atoms with Crippen LogP contribution in [-0.4, -0.2) is 23.9 Å². The van der Waals surface area contributed by atoms with Crippen molar-refractivity contribution in [3.8, 4) is 0 Å². The predicted molar refractivity (Wildman–Crippen MR) is 54.5 cm³/mol. The Bertz CT molecular complexity index is 377. The van der Waals surface area contributed by atoms with Gasteiger partial charge in [-0.3, -0.25) is 4.79 Å². The summed E-state index contributed by atoms with van der Waals surface area (Å²) in [6.07, 6.45) is 0.360. The second kappa shape index (κ2) is 3.62. The number of nitrogens with two attached hydrogens (primary N) is 1. The van der Waals surface area contributed by atoms with E-state index in [4.69, 9.17) is 5.73 Å². The van der Waals surface area contributed by atoms with Gasteiger partial charge in [-0.15, -0.1) is 0 Å². The lowest BCUT2D eigenvalue weighted by Crippen LogP contribution is -2.30. The van der Waals surface area contributed by atoms with Crippen LogP contribution in [0.1, 0.15) is 18.0 Å². The first-order chi connectivity index (χ1) is 7.09. The Morgan fingerprint density at radius 1 is 1.40 bits per heavy atom. The Morgan fingerprint density at radius 3 is 2.47 bits per heavy atom. The third-order valence-electron chi connectivity index (χ3n) is 2.84. The van der Waals surface area contributed by atoms with Crippen molar-refractivity contribution in [3.05, 3.63) is 35.6 Å². The number of carbonyl (C=O) groups excluding carboxylic acids is 1. The van der Waals surface area contributed by atoms with Crippen LogP contribution in [0.5, 0.6) is 0 Å². The fraction of sp³-hybridized carbons (Fsp3) is 0.364. The average molecular weight is 208 g/mol. The summed E-state index contributed by atoms with van der Waals surface area (Å²) >= 11 is 0. The van der Waals surface area contributed by atoms with Crippen LogP contribution in [0.4, 0.5) is 4.39 Å². The van der Waals surface area contributed by atoms with Gasteiger partial charge in [0.1, 0.15) is 5.82 Å². The second-order valence-corrected chi connectivity index (χ2v) is 3.87. The lowest BCUT2D eigenvalue weighted by atomic mass is 10.0. The Morgan fingerprint density at radius 2 is 2.00 bits per heavy atom. The van der Waals surface area contributed by atoms with Crippen molar-refractivity contribution in [3.63, 3.8) is 0 Å². The minimum Gasteiger partial charge on any atom is -0.337 e. The number of likely N-dealkylation sites (N-methyl/N-ethyl adjacent to an activating group) is 1. The predicted octanol–water partition coefficient (Wildman–Crippen LogP) is 1.06. The van der Waals surface area contributed by atoms with Gasteiger partial charge in [-0.1, -0.05) is 12.1 Å². The monoisotopic (exact) mass is 208 g/mol. The second-order valence-electron chi connectivity index (χ2n) is 3.87. The SMILES string of the molecule is CN1C(=O)C[C@@H](N)[C@H]1c1ccc(F)cc1. The molecule has 1 aliphatic heterocycles. The maximum atomic E-state index is 12.7. The minimum absolute atomic E-state index is 0.0387. The van der Waals surface area contributed by atoms with E-state index in [-0.39, 0.29) is 23.8 Å². The smallest absolute Gasteiger partial charge is 0.224 e. The van der Waals surface area contributed by atoms with E-state index in [0.29, 0.717) is 6.42 Å². The van der Waals surface area contributed by atoms with Crippen molar-refractivity contribution in [2.24, 2.45) is 5.73 Å². The molecular weight excluding hydrogens is 195 g/mol. The molecule has 2 atom stereocenters. The number of carbonyl (C=O) groups is 1. The van der Waals surface area contributed by atoms with Crippen molar-refractivity contribution < 1.29 is 9.18 Å². The van der Waals surface area contributed by atoms with Crippen molar-refractivity contribution in [1.82, 2.24) is 4.90 Å². The topological polar surface area (TPSA) is 46.3 Å². The largest absolute Gasteiger partial charge is 0.337 e. The van der Waals surface area contributed by atoms with E-state index in [1.807, 2.05) is 0 Å². The van der Waals surface area contributed by atoms with Crippen LogP contribution in [0.15, 0.2) is 24.3 Å². The number of rotatable bonds is 1. The van der Waals surface area contributed by atoms with Crippen molar-refractivity contribution in [1.29, 1.82) is 0 Å². The molecule has 0 unspecified atom stereocenters. The molecule has 2 N–H and O–H groups in total. The first kappa shape index (κ1) is 10.1. The molecule has 1 amide bonds. The minimum atomic E-state index is -0.278. The van der Waals surface area contributed by atoms with Gasteiger partial charge in [0.15, 0.2) is 0 Å². The molecule has 1 heterocycles.